The van der Waals surface area contributed by atoms with E-state index in [0.717, 1.165) is 25.7 Å². The number of amides is 2. The van der Waals surface area contributed by atoms with Gasteiger partial charge in [0.15, 0.2) is 0 Å². The Morgan fingerprint density at radius 2 is 1.54 bits per heavy atom. The summed E-state index contributed by atoms with van der Waals surface area (Å²) in [6, 6.07) is -1.29. The van der Waals surface area contributed by atoms with Crippen LogP contribution in [0.5, 0.6) is 0 Å². The Hall–Kier alpha value is -1.87. The normalized spacial score (nSPS) is 18.3. The Morgan fingerprint density at radius 3 is 2.09 bits per heavy atom. The van der Waals surface area contributed by atoms with Crippen LogP contribution in [0, 0.1) is 11.8 Å². The molecule has 2 amide bonds. The fraction of sp³-hybridized carbons (Fsp3) is 0.885. The van der Waals surface area contributed by atoms with E-state index in [0.29, 0.717) is 18.8 Å². The lowest BCUT2D eigenvalue weighted by molar-refractivity contribution is -0.146. The van der Waals surface area contributed by atoms with E-state index in [-0.39, 0.29) is 25.4 Å². The Labute approximate surface area is 210 Å². The van der Waals surface area contributed by atoms with Gasteiger partial charge in [-0.2, -0.15) is 0 Å². The molecule has 0 bridgehead atoms. The largest absolute Gasteiger partial charge is 0.466 e. The van der Waals surface area contributed by atoms with Gasteiger partial charge in [-0.15, -0.1) is 0 Å². The molecule has 1 fully saturated rings. The van der Waals surface area contributed by atoms with Gasteiger partial charge < -0.3 is 30.3 Å². The zero-order chi connectivity index (χ0) is 26.6. The van der Waals surface area contributed by atoms with Gasteiger partial charge in [-0.1, -0.05) is 46.0 Å². The maximum Gasteiger partial charge on any atom is 0.407 e. The van der Waals surface area contributed by atoms with Crippen molar-refractivity contribution in [3.8, 4) is 0 Å². The monoisotopic (exact) mass is 500 g/mol. The number of ether oxygens (including phenoxy) is 2. The maximum absolute atomic E-state index is 12.9. The Morgan fingerprint density at radius 1 is 0.943 bits per heavy atom. The van der Waals surface area contributed by atoms with Crippen LogP contribution < -0.4 is 10.6 Å². The standard InChI is InChI=1S/C26H48N2O7/c1-7-34-24(32)16-22(30)20(14-18-11-9-8-10-12-18)27-23(31)15-21(29)19(13-17(2)3)28-25(33)35-26(4,5)6/h17-22,29-30H,7-16H2,1-6H3,(H,27,31)(H,28,33)/t19-,20-,21-,22-/m0/s1. The first kappa shape index (κ1) is 31.2. The van der Waals surface area contributed by atoms with Gasteiger partial charge >= 0.3 is 12.1 Å². The second-order valence-corrected chi connectivity index (χ2v) is 11.1. The van der Waals surface area contributed by atoms with E-state index in [4.69, 9.17) is 9.47 Å². The molecule has 35 heavy (non-hydrogen) atoms. The molecule has 4 atom stereocenters. The molecule has 0 radical (unpaired) electrons. The first-order valence-electron chi connectivity index (χ1n) is 13.1. The Bertz CT molecular complexity index is 657. The molecule has 0 aromatic rings. The molecule has 0 saturated heterocycles. The Kier molecular flexibility index (Phi) is 13.6. The molecule has 0 aromatic heterocycles. The second-order valence-electron chi connectivity index (χ2n) is 11.1. The lowest BCUT2D eigenvalue weighted by atomic mass is 9.83. The summed E-state index contributed by atoms with van der Waals surface area (Å²) >= 11 is 0. The molecule has 1 rings (SSSR count). The fourth-order valence-electron chi connectivity index (χ4n) is 4.50. The maximum atomic E-state index is 12.9. The van der Waals surface area contributed by atoms with E-state index in [2.05, 4.69) is 10.6 Å². The molecule has 204 valence electrons. The fourth-order valence-corrected chi connectivity index (χ4v) is 4.50. The van der Waals surface area contributed by atoms with Crippen molar-refractivity contribution in [1.29, 1.82) is 0 Å². The van der Waals surface area contributed by atoms with Crippen LogP contribution in [0.4, 0.5) is 4.79 Å². The van der Waals surface area contributed by atoms with Crippen molar-refractivity contribution < 1.29 is 34.1 Å². The lowest BCUT2D eigenvalue weighted by Gasteiger charge is -2.31. The third-order valence-electron chi connectivity index (χ3n) is 6.09. The molecule has 0 spiro atoms. The van der Waals surface area contributed by atoms with Crippen molar-refractivity contribution in [1.82, 2.24) is 10.6 Å². The average molecular weight is 501 g/mol. The molecule has 0 aliphatic heterocycles. The number of alkyl carbamates (subject to hydrolysis) is 1. The molecule has 0 heterocycles. The summed E-state index contributed by atoms with van der Waals surface area (Å²) in [6.07, 6.45) is 3.18. The van der Waals surface area contributed by atoms with E-state index < -0.39 is 47.9 Å². The van der Waals surface area contributed by atoms with Crippen LogP contribution in [0.25, 0.3) is 0 Å². The first-order valence-corrected chi connectivity index (χ1v) is 13.1. The summed E-state index contributed by atoms with van der Waals surface area (Å²) in [6.45, 7) is 11.1. The van der Waals surface area contributed by atoms with Crippen molar-refractivity contribution in [3.05, 3.63) is 0 Å². The molecule has 9 heteroatoms. The van der Waals surface area contributed by atoms with Crippen LogP contribution in [0.3, 0.4) is 0 Å². The van der Waals surface area contributed by atoms with Crippen molar-refractivity contribution in [2.45, 2.75) is 129 Å². The molecular weight excluding hydrogens is 452 g/mol. The second kappa shape index (κ2) is 15.3. The van der Waals surface area contributed by atoms with E-state index in [1.54, 1.807) is 27.7 Å². The number of esters is 1. The number of rotatable bonds is 13. The van der Waals surface area contributed by atoms with Crippen LogP contribution >= 0.6 is 0 Å². The lowest BCUT2D eigenvalue weighted by Crippen LogP contribution is -2.50. The van der Waals surface area contributed by atoms with Crippen molar-refractivity contribution in [3.63, 3.8) is 0 Å². The van der Waals surface area contributed by atoms with Crippen LogP contribution in [0.2, 0.25) is 0 Å². The minimum absolute atomic E-state index is 0.165. The number of nitrogens with one attached hydrogen (secondary N) is 2. The number of aliphatic hydroxyl groups is 2. The highest BCUT2D eigenvalue weighted by Crippen LogP contribution is 2.28. The quantitative estimate of drug-likeness (QED) is 0.285. The first-order chi connectivity index (χ1) is 16.3. The molecule has 1 saturated carbocycles. The SMILES string of the molecule is CCOC(=O)C[C@H](O)[C@H](CC1CCCCC1)NC(=O)C[C@H](O)[C@H](CC(C)C)NC(=O)OC(C)(C)C. The van der Waals surface area contributed by atoms with Crippen LogP contribution in [0.1, 0.15) is 99.3 Å². The van der Waals surface area contributed by atoms with E-state index in [1.807, 2.05) is 13.8 Å². The smallest absolute Gasteiger partial charge is 0.407 e. The van der Waals surface area contributed by atoms with Gasteiger partial charge in [-0.25, -0.2) is 4.79 Å². The van der Waals surface area contributed by atoms with Crippen molar-refractivity contribution >= 4 is 18.0 Å². The zero-order valence-corrected chi connectivity index (χ0v) is 22.5. The van der Waals surface area contributed by atoms with Gasteiger partial charge in [0, 0.05) is 0 Å². The minimum Gasteiger partial charge on any atom is -0.466 e. The summed E-state index contributed by atoms with van der Waals surface area (Å²) in [4.78, 5) is 37.1. The summed E-state index contributed by atoms with van der Waals surface area (Å²) in [5.41, 5.74) is -0.684. The summed E-state index contributed by atoms with van der Waals surface area (Å²) < 4.78 is 10.3. The number of aliphatic hydroxyl groups excluding tert-OH is 2. The highest BCUT2D eigenvalue weighted by atomic mass is 16.6. The number of hydrogen-bond acceptors (Lipinski definition) is 7. The molecule has 4 N–H and O–H groups in total. The van der Waals surface area contributed by atoms with Gasteiger partial charge in [0.1, 0.15) is 5.60 Å². The predicted molar refractivity (Wildman–Crippen MR) is 134 cm³/mol. The molecule has 0 aromatic carbocycles. The average Bonchev–Trinajstić information content (AvgIpc) is 2.71. The van der Waals surface area contributed by atoms with E-state index in [1.165, 1.54) is 6.42 Å². The van der Waals surface area contributed by atoms with Gasteiger partial charge in [0.25, 0.3) is 0 Å². The summed E-state index contributed by atoms with van der Waals surface area (Å²) in [5.74, 6) is -0.432. The topological polar surface area (TPSA) is 134 Å². The highest BCUT2D eigenvalue weighted by Gasteiger charge is 2.31. The van der Waals surface area contributed by atoms with Gasteiger partial charge in [-0.3, -0.25) is 9.59 Å². The highest BCUT2D eigenvalue weighted by molar-refractivity contribution is 5.77. The van der Waals surface area contributed by atoms with E-state index >= 15 is 0 Å². The molecule has 0 unspecified atom stereocenters. The van der Waals surface area contributed by atoms with Crippen LogP contribution in [0.15, 0.2) is 0 Å². The third-order valence-corrected chi connectivity index (χ3v) is 6.09. The summed E-state index contributed by atoms with van der Waals surface area (Å²) in [7, 11) is 0. The molecule has 9 nitrogen and oxygen atoms in total. The van der Waals surface area contributed by atoms with Crippen LogP contribution in [-0.4, -0.2) is 64.7 Å². The predicted octanol–water partition coefficient (Wildman–Crippen LogP) is 3.45. The van der Waals surface area contributed by atoms with Crippen LogP contribution in [-0.2, 0) is 19.1 Å². The summed E-state index contributed by atoms with van der Waals surface area (Å²) in [5, 5.41) is 27.1. The molecule has 1 aliphatic rings. The number of carbonyl (C=O) groups excluding carboxylic acids is 3. The number of carbonyl (C=O) groups is 3. The van der Waals surface area contributed by atoms with Gasteiger partial charge in [-0.05, 0) is 52.4 Å². The number of hydrogen-bond donors (Lipinski definition) is 4. The Balaban J connectivity index is 2.82. The van der Waals surface area contributed by atoms with Crippen molar-refractivity contribution in [2.75, 3.05) is 6.61 Å². The van der Waals surface area contributed by atoms with Crippen molar-refractivity contribution in [2.24, 2.45) is 11.8 Å². The minimum atomic E-state index is -1.14. The third kappa shape index (κ3) is 13.7. The molecular formula is C26H48N2O7. The van der Waals surface area contributed by atoms with Gasteiger partial charge in [0.05, 0.1) is 43.7 Å². The van der Waals surface area contributed by atoms with Gasteiger partial charge in [0.2, 0.25) is 5.91 Å². The zero-order valence-electron chi connectivity index (χ0n) is 22.5. The molecule has 1 aliphatic carbocycles. The van der Waals surface area contributed by atoms with E-state index in [9.17, 15) is 24.6 Å².